The van der Waals surface area contributed by atoms with Crippen LogP contribution >= 0.6 is 23.2 Å². The van der Waals surface area contributed by atoms with Crippen molar-refractivity contribution >= 4 is 40.6 Å². The summed E-state index contributed by atoms with van der Waals surface area (Å²) in [6, 6.07) is 17.3. The monoisotopic (exact) mass is 472 g/mol. The number of hydrogen-bond acceptors (Lipinski definition) is 5. The number of hydrogen-bond donors (Lipinski definition) is 2. The number of urea groups is 1. The van der Waals surface area contributed by atoms with Gasteiger partial charge in [0.25, 0.3) is 5.89 Å². The number of amides is 2. The summed E-state index contributed by atoms with van der Waals surface area (Å²) in [6.07, 6.45) is 0. The van der Waals surface area contributed by atoms with Gasteiger partial charge in [0.1, 0.15) is 0 Å². The zero-order valence-electron chi connectivity index (χ0n) is 16.3. The second-order valence-electron chi connectivity index (χ2n) is 6.51. The Kier molecular flexibility index (Phi) is 6.53. The Morgan fingerprint density at radius 3 is 2.38 bits per heavy atom. The maximum absolute atomic E-state index is 14.4. The topological polar surface area (TPSA) is 89.3 Å². The highest BCUT2D eigenvalue weighted by molar-refractivity contribution is 6.42. The quantitative estimate of drug-likeness (QED) is 0.338. The fraction of sp³-hybridized carbons (Fsp3) is 0.0455. The minimum Gasteiger partial charge on any atom is -0.481 e. The minimum absolute atomic E-state index is 0.0279. The number of anilines is 2. The standard InChI is InChI=1S/C22H15Cl2FN4O3/c23-16-8-6-14(10-17(16)24)26-22(30)27-15-7-9-19(18(25)11-15)31-12-20-28-29-21(32-20)13-4-2-1-3-5-13/h1-11H,12H2,(H2,26,27,30). The number of nitrogens with one attached hydrogen (secondary N) is 2. The average molecular weight is 473 g/mol. The molecule has 0 saturated heterocycles. The van der Waals surface area contributed by atoms with Crippen LogP contribution in [0, 0.1) is 5.82 Å². The van der Waals surface area contributed by atoms with E-state index in [1.54, 1.807) is 12.1 Å². The second-order valence-corrected chi connectivity index (χ2v) is 7.32. The molecular formula is C22H15Cl2FN4O3. The Morgan fingerprint density at radius 2 is 1.66 bits per heavy atom. The van der Waals surface area contributed by atoms with E-state index in [4.69, 9.17) is 32.4 Å². The van der Waals surface area contributed by atoms with Crippen molar-refractivity contribution in [2.75, 3.05) is 10.6 Å². The van der Waals surface area contributed by atoms with E-state index in [2.05, 4.69) is 20.8 Å². The molecule has 4 rings (SSSR count). The predicted octanol–water partition coefficient (Wildman–Crippen LogP) is 6.41. The van der Waals surface area contributed by atoms with Crippen LogP contribution in [-0.4, -0.2) is 16.2 Å². The molecule has 7 nitrogen and oxygen atoms in total. The highest BCUT2D eigenvalue weighted by Gasteiger charge is 2.12. The first-order valence-electron chi connectivity index (χ1n) is 9.31. The van der Waals surface area contributed by atoms with Crippen molar-refractivity contribution in [3.63, 3.8) is 0 Å². The first-order chi connectivity index (χ1) is 15.5. The van der Waals surface area contributed by atoms with Crippen molar-refractivity contribution in [2.24, 2.45) is 0 Å². The third-order valence-electron chi connectivity index (χ3n) is 4.21. The first-order valence-corrected chi connectivity index (χ1v) is 10.1. The lowest BCUT2D eigenvalue weighted by atomic mass is 10.2. The third-order valence-corrected chi connectivity index (χ3v) is 4.94. The summed E-state index contributed by atoms with van der Waals surface area (Å²) >= 11 is 11.8. The maximum atomic E-state index is 14.4. The number of halogens is 3. The van der Waals surface area contributed by atoms with Crippen LogP contribution < -0.4 is 15.4 Å². The van der Waals surface area contributed by atoms with Crippen LogP contribution in [0.5, 0.6) is 5.75 Å². The molecule has 0 fully saturated rings. The molecule has 3 aromatic carbocycles. The van der Waals surface area contributed by atoms with E-state index in [1.165, 1.54) is 18.2 Å². The molecule has 2 amide bonds. The van der Waals surface area contributed by atoms with E-state index in [-0.39, 0.29) is 23.9 Å². The highest BCUT2D eigenvalue weighted by atomic mass is 35.5. The molecule has 2 N–H and O–H groups in total. The summed E-state index contributed by atoms with van der Waals surface area (Å²) in [7, 11) is 0. The number of rotatable bonds is 6. The van der Waals surface area contributed by atoms with Crippen molar-refractivity contribution in [2.45, 2.75) is 6.61 Å². The van der Waals surface area contributed by atoms with Crippen molar-refractivity contribution in [3.05, 3.63) is 88.5 Å². The number of aromatic nitrogens is 2. The Balaban J connectivity index is 1.34. The molecule has 0 radical (unpaired) electrons. The molecule has 10 heteroatoms. The average Bonchev–Trinajstić information content (AvgIpc) is 3.25. The largest absolute Gasteiger partial charge is 0.481 e. The number of nitrogens with zero attached hydrogens (tertiary/aromatic N) is 2. The lowest BCUT2D eigenvalue weighted by molar-refractivity contribution is 0.253. The van der Waals surface area contributed by atoms with Gasteiger partial charge in [-0.25, -0.2) is 9.18 Å². The van der Waals surface area contributed by atoms with Crippen molar-refractivity contribution in [1.29, 1.82) is 0 Å². The predicted molar refractivity (Wildman–Crippen MR) is 120 cm³/mol. The fourth-order valence-electron chi connectivity index (χ4n) is 2.71. The number of carbonyl (C=O) groups is 1. The molecule has 0 aliphatic carbocycles. The third kappa shape index (κ3) is 5.35. The lowest BCUT2D eigenvalue weighted by Crippen LogP contribution is -2.19. The van der Waals surface area contributed by atoms with Gasteiger partial charge < -0.3 is 19.8 Å². The molecule has 32 heavy (non-hydrogen) atoms. The molecule has 0 aliphatic heterocycles. The van der Waals surface area contributed by atoms with Gasteiger partial charge in [-0.05, 0) is 42.5 Å². The van der Waals surface area contributed by atoms with Crippen LogP contribution in [0.1, 0.15) is 5.89 Å². The molecule has 0 atom stereocenters. The highest BCUT2D eigenvalue weighted by Crippen LogP contribution is 2.26. The fourth-order valence-corrected chi connectivity index (χ4v) is 3.01. The van der Waals surface area contributed by atoms with E-state index in [0.717, 1.165) is 11.6 Å². The summed E-state index contributed by atoms with van der Waals surface area (Å²) in [5.74, 6) is -0.149. The molecule has 0 unspecified atom stereocenters. The van der Waals surface area contributed by atoms with Crippen LogP contribution in [0.15, 0.2) is 71.1 Å². The lowest BCUT2D eigenvalue weighted by Gasteiger charge is -2.10. The number of benzene rings is 3. The zero-order chi connectivity index (χ0) is 22.5. The summed E-state index contributed by atoms with van der Waals surface area (Å²) in [4.78, 5) is 12.1. The molecule has 0 spiro atoms. The van der Waals surface area contributed by atoms with E-state index in [9.17, 15) is 9.18 Å². The van der Waals surface area contributed by atoms with Crippen molar-refractivity contribution in [1.82, 2.24) is 10.2 Å². The Hall–Kier alpha value is -3.62. The van der Waals surface area contributed by atoms with Crippen LogP contribution in [0.3, 0.4) is 0 Å². The van der Waals surface area contributed by atoms with Gasteiger partial charge in [0, 0.05) is 23.0 Å². The zero-order valence-corrected chi connectivity index (χ0v) is 17.8. The van der Waals surface area contributed by atoms with E-state index >= 15 is 0 Å². The van der Waals surface area contributed by atoms with Gasteiger partial charge in [-0.2, -0.15) is 0 Å². The summed E-state index contributed by atoms with van der Waals surface area (Å²) in [6.45, 7) is -0.110. The van der Waals surface area contributed by atoms with Gasteiger partial charge in [-0.3, -0.25) is 0 Å². The summed E-state index contributed by atoms with van der Waals surface area (Å²) < 4.78 is 25.4. The van der Waals surface area contributed by atoms with Crippen molar-refractivity contribution < 1.29 is 18.3 Å². The Bertz CT molecular complexity index is 1250. The van der Waals surface area contributed by atoms with Gasteiger partial charge in [-0.15, -0.1) is 10.2 Å². The second kappa shape index (κ2) is 9.67. The molecule has 1 aromatic heterocycles. The molecule has 0 aliphatic rings. The first kappa shape index (κ1) is 21.6. The summed E-state index contributed by atoms with van der Waals surface area (Å²) in [5, 5.41) is 13.6. The summed E-state index contributed by atoms with van der Waals surface area (Å²) in [5.41, 5.74) is 1.44. The van der Waals surface area contributed by atoms with Gasteiger partial charge in [0.2, 0.25) is 5.89 Å². The van der Waals surface area contributed by atoms with Gasteiger partial charge in [0.05, 0.1) is 10.0 Å². The molecule has 0 bridgehead atoms. The van der Waals surface area contributed by atoms with Gasteiger partial charge in [0.15, 0.2) is 18.2 Å². The number of carbonyl (C=O) groups excluding carboxylic acids is 1. The normalized spacial score (nSPS) is 10.6. The molecule has 0 saturated carbocycles. The Morgan fingerprint density at radius 1 is 0.938 bits per heavy atom. The SMILES string of the molecule is O=C(Nc1ccc(OCc2nnc(-c3ccccc3)o2)c(F)c1)Nc1ccc(Cl)c(Cl)c1. The van der Waals surface area contributed by atoms with Crippen LogP contribution in [0.25, 0.3) is 11.5 Å². The molecule has 1 heterocycles. The Labute approximate surface area is 192 Å². The maximum Gasteiger partial charge on any atom is 0.323 e. The molecular weight excluding hydrogens is 458 g/mol. The van der Waals surface area contributed by atoms with Gasteiger partial charge in [-0.1, -0.05) is 41.4 Å². The van der Waals surface area contributed by atoms with E-state index in [0.29, 0.717) is 21.6 Å². The van der Waals surface area contributed by atoms with E-state index < -0.39 is 11.8 Å². The molecule has 4 aromatic rings. The van der Waals surface area contributed by atoms with Crippen LogP contribution in [-0.2, 0) is 6.61 Å². The van der Waals surface area contributed by atoms with Crippen molar-refractivity contribution in [3.8, 4) is 17.2 Å². The number of ether oxygens (including phenoxy) is 1. The van der Waals surface area contributed by atoms with Crippen LogP contribution in [0.2, 0.25) is 10.0 Å². The van der Waals surface area contributed by atoms with Gasteiger partial charge >= 0.3 is 6.03 Å². The minimum atomic E-state index is -0.667. The van der Waals surface area contributed by atoms with E-state index in [1.807, 2.05) is 30.3 Å². The smallest absolute Gasteiger partial charge is 0.323 e. The van der Waals surface area contributed by atoms with Crippen LogP contribution in [0.4, 0.5) is 20.6 Å². The molecule has 162 valence electrons.